The van der Waals surface area contributed by atoms with E-state index in [9.17, 15) is 25.4 Å². The highest BCUT2D eigenvalue weighted by Gasteiger charge is 2.44. The van der Waals surface area contributed by atoms with Crippen molar-refractivity contribution in [2.45, 2.75) is 34.5 Å². The Morgan fingerprint density at radius 2 is 2.03 bits per heavy atom. The lowest BCUT2D eigenvalue weighted by atomic mass is 10.1. The number of aliphatic hydroxyl groups excluding tert-OH is 3. The smallest absolute Gasteiger partial charge is 0.301 e. The van der Waals surface area contributed by atoms with E-state index in [1.165, 1.54) is 23.0 Å². The molecule has 4 heterocycles. The zero-order valence-corrected chi connectivity index (χ0v) is 16.7. The minimum absolute atomic E-state index is 0.0142. The number of anilines is 1. The second-order valence-electron chi connectivity index (χ2n) is 6.87. The lowest BCUT2D eigenvalue weighted by molar-refractivity contribution is -0.383. The maximum atomic E-state index is 11.4. The topological polar surface area (TPSA) is 222 Å². The minimum atomic E-state index is -1.35. The van der Waals surface area contributed by atoms with Gasteiger partial charge in [0.15, 0.2) is 11.9 Å². The minimum Gasteiger partial charge on any atom is -0.394 e. The van der Waals surface area contributed by atoms with Gasteiger partial charge in [-0.15, -0.1) is 0 Å². The fraction of sp³-hybridized carbons (Fsp3) is 0.312. The van der Waals surface area contributed by atoms with E-state index >= 15 is 0 Å². The Balaban J connectivity index is 1.57. The van der Waals surface area contributed by atoms with Gasteiger partial charge in [-0.2, -0.15) is 4.98 Å². The largest absolute Gasteiger partial charge is 0.394 e. The Morgan fingerprint density at radius 1 is 1.22 bits per heavy atom. The maximum Gasteiger partial charge on any atom is 0.301 e. The molecule has 0 amide bonds. The second kappa shape index (κ2) is 7.61. The molecule has 5 rings (SSSR count). The van der Waals surface area contributed by atoms with Crippen LogP contribution in [-0.2, 0) is 4.74 Å². The molecule has 4 unspecified atom stereocenters. The molecule has 0 bridgehead atoms. The number of aromatic nitrogens is 6. The SMILES string of the molecule is Nc1nc(Sc2cc([N+](=O)[O-])c3nonc3c2)c2ncn(C3OC(CO)C(O)C3O)c2n1. The summed E-state index contributed by atoms with van der Waals surface area (Å²) >= 11 is 1.03. The summed E-state index contributed by atoms with van der Waals surface area (Å²) < 4.78 is 11.5. The van der Waals surface area contributed by atoms with E-state index in [1.54, 1.807) is 0 Å². The molecular weight excluding hydrogens is 448 g/mol. The number of ether oxygens (including phenoxy) is 1. The number of hydrogen-bond acceptors (Lipinski definition) is 14. The van der Waals surface area contributed by atoms with Crippen LogP contribution in [0.25, 0.3) is 22.2 Å². The van der Waals surface area contributed by atoms with Crippen LogP contribution in [0, 0.1) is 10.1 Å². The highest BCUT2D eigenvalue weighted by atomic mass is 32.2. The van der Waals surface area contributed by atoms with Crippen molar-refractivity contribution >= 4 is 45.6 Å². The first-order valence-electron chi connectivity index (χ1n) is 9.08. The van der Waals surface area contributed by atoms with Gasteiger partial charge in [-0.25, -0.2) is 14.6 Å². The lowest BCUT2D eigenvalue weighted by Crippen LogP contribution is -2.33. The molecule has 0 aliphatic carbocycles. The van der Waals surface area contributed by atoms with Crippen molar-refractivity contribution in [1.29, 1.82) is 0 Å². The van der Waals surface area contributed by atoms with Crippen molar-refractivity contribution in [2.24, 2.45) is 0 Å². The van der Waals surface area contributed by atoms with E-state index in [0.29, 0.717) is 4.90 Å². The standard InChI is InChI=1S/C16H14N8O7S/c17-16-19-13-10(18-4-23(13)15-12(27)11(26)8(3-25)30-15)14(20-16)32-5-1-6-9(22-31-21-6)7(2-5)24(28)29/h1-2,4,8,11-12,15,25-27H,3H2,(H2,17,19,20). The average molecular weight is 462 g/mol. The maximum absolute atomic E-state index is 11.4. The first kappa shape index (κ1) is 20.5. The van der Waals surface area contributed by atoms with Crippen molar-refractivity contribution in [3.8, 4) is 0 Å². The van der Waals surface area contributed by atoms with Gasteiger partial charge in [0.05, 0.1) is 17.9 Å². The van der Waals surface area contributed by atoms with Crippen LogP contribution in [0.1, 0.15) is 6.23 Å². The normalized spacial score (nSPS) is 23.3. The third-order valence-corrected chi connectivity index (χ3v) is 5.87. The van der Waals surface area contributed by atoms with Crippen molar-refractivity contribution in [3.63, 3.8) is 0 Å². The molecule has 0 radical (unpaired) electrons. The first-order chi connectivity index (χ1) is 15.4. The van der Waals surface area contributed by atoms with Gasteiger partial charge in [0, 0.05) is 11.0 Å². The van der Waals surface area contributed by atoms with Gasteiger partial charge < -0.3 is 25.8 Å². The predicted octanol–water partition coefficient (Wildman–Crippen LogP) is -0.384. The van der Waals surface area contributed by atoms with Crippen LogP contribution in [0.5, 0.6) is 0 Å². The Kier molecular flexibility index (Phi) is 4.86. The van der Waals surface area contributed by atoms with E-state index in [1.807, 2.05) is 0 Å². The number of nitrogens with two attached hydrogens (primary N) is 1. The second-order valence-corrected chi connectivity index (χ2v) is 7.94. The summed E-state index contributed by atoms with van der Waals surface area (Å²) in [6, 6.07) is 2.83. The Morgan fingerprint density at radius 3 is 2.75 bits per heavy atom. The van der Waals surface area contributed by atoms with Crippen LogP contribution in [0.4, 0.5) is 11.6 Å². The summed E-state index contributed by atoms with van der Waals surface area (Å²) in [5.41, 5.74) is 6.26. The number of nitrogen functional groups attached to an aromatic ring is 1. The number of imidazole rings is 1. The number of hydrogen-bond donors (Lipinski definition) is 4. The van der Waals surface area contributed by atoms with Crippen LogP contribution >= 0.6 is 11.8 Å². The van der Waals surface area contributed by atoms with E-state index in [2.05, 4.69) is 29.9 Å². The van der Waals surface area contributed by atoms with Crippen molar-refractivity contribution < 1.29 is 29.6 Å². The zero-order chi connectivity index (χ0) is 22.6. The Bertz CT molecular complexity index is 1340. The molecule has 15 nitrogen and oxygen atoms in total. The molecule has 1 fully saturated rings. The lowest BCUT2D eigenvalue weighted by Gasteiger charge is -2.16. The summed E-state index contributed by atoms with van der Waals surface area (Å²) in [4.78, 5) is 23.8. The van der Waals surface area contributed by atoms with Crippen LogP contribution in [0.3, 0.4) is 0 Å². The van der Waals surface area contributed by atoms with Crippen LogP contribution < -0.4 is 5.73 Å². The van der Waals surface area contributed by atoms with Gasteiger partial charge in [-0.3, -0.25) is 14.7 Å². The summed E-state index contributed by atoms with van der Waals surface area (Å²) in [5, 5.41) is 48.6. The highest BCUT2D eigenvalue weighted by molar-refractivity contribution is 7.99. The Labute approximate surface area is 180 Å². The zero-order valence-electron chi connectivity index (χ0n) is 15.8. The van der Waals surface area contributed by atoms with E-state index in [0.717, 1.165) is 11.8 Å². The third-order valence-electron chi connectivity index (χ3n) is 4.92. The molecule has 5 N–H and O–H groups in total. The molecule has 32 heavy (non-hydrogen) atoms. The van der Waals surface area contributed by atoms with E-state index < -0.39 is 36.1 Å². The molecule has 1 aliphatic heterocycles. The van der Waals surface area contributed by atoms with E-state index in [4.69, 9.17) is 10.5 Å². The number of nitro benzene ring substituents is 1. The fourth-order valence-electron chi connectivity index (χ4n) is 3.43. The molecule has 0 spiro atoms. The summed E-state index contributed by atoms with van der Waals surface area (Å²) in [5.74, 6) is -0.118. The fourth-order valence-corrected chi connectivity index (χ4v) is 4.38. The van der Waals surface area contributed by atoms with Crippen LogP contribution in [0.2, 0.25) is 0 Å². The number of benzene rings is 1. The van der Waals surface area contributed by atoms with Gasteiger partial charge in [-0.05, 0) is 16.4 Å². The van der Waals surface area contributed by atoms with Gasteiger partial charge in [0.25, 0.3) is 0 Å². The van der Waals surface area contributed by atoms with Gasteiger partial charge >= 0.3 is 5.69 Å². The van der Waals surface area contributed by atoms with Gasteiger partial charge in [-0.1, -0.05) is 11.8 Å². The monoisotopic (exact) mass is 462 g/mol. The molecule has 0 saturated carbocycles. The molecule has 1 aliphatic rings. The summed E-state index contributed by atoms with van der Waals surface area (Å²) in [6.45, 7) is -0.488. The molecule has 4 atom stereocenters. The van der Waals surface area contributed by atoms with Crippen molar-refractivity contribution in [1.82, 2.24) is 29.8 Å². The van der Waals surface area contributed by atoms with Gasteiger partial charge in [0.1, 0.15) is 34.4 Å². The summed E-state index contributed by atoms with van der Waals surface area (Å²) in [6.07, 6.45) is -3.38. The molecule has 166 valence electrons. The number of aliphatic hydroxyl groups is 3. The van der Waals surface area contributed by atoms with Crippen LogP contribution in [0.15, 0.2) is 33.0 Å². The first-order valence-corrected chi connectivity index (χ1v) is 9.90. The molecular formula is C16H14N8O7S. The average Bonchev–Trinajstić information content (AvgIpc) is 3.46. The van der Waals surface area contributed by atoms with E-state index in [-0.39, 0.29) is 38.9 Å². The number of rotatable bonds is 5. The predicted molar refractivity (Wildman–Crippen MR) is 105 cm³/mol. The van der Waals surface area contributed by atoms with Crippen LogP contribution in [-0.4, -0.2) is 75.0 Å². The summed E-state index contributed by atoms with van der Waals surface area (Å²) in [7, 11) is 0. The van der Waals surface area contributed by atoms with Crippen molar-refractivity contribution in [2.75, 3.05) is 12.3 Å². The third kappa shape index (κ3) is 3.21. The van der Waals surface area contributed by atoms with Crippen molar-refractivity contribution in [3.05, 3.63) is 28.6 Å². The van der Waals surface area contributed by atoms with Gasteiger partial charge in [0.2, 0.25) is 11.5 Å². The Hall–Kier alpha value is -3.44. The highest BCUT2D eigenvalue weighted by Crippen LogP contribution is 2.37. The molecule has 1 saturated heterocycles. The number of nitrogens with zero attached hydrogens (tertiary/aromatic N) is 7. The number of nitro groups is 1. The molecule has 3 aromatic heterocycles. The molecule has 16 heteroatoms. The number of non-ortho nitro benzene ring substituents is 1. The molecule has 1 aromatic carbocycles. The quantitative estimate of drug-likeness (QED) is 0.169. The molecule has 4 aromatic rings. The number of fused-ring (bicyclic) bond motifs is 2.